The maximum absolute atomic E-state index is 12.6. The number of halogens is 1. The molecular formula is C24H21BrN4O2. The van der Waals surface area contributed by atoms with Crippen molar-refractivity contribution in [2.24, 2.45) is 0 Å². The van der Waals surface area contributed by atoms with E-state index in [1.54, 1.807) is 12.1 Å². The molecule has 31 heavy (non-hydrogen) atoms. The van der Waals surface area contributed by atoms with Crippen LogP contribution in [0.2, 0.25) is 0 Å². The molecular weight excluding hydrogens is 456 g/mol. The molecule has 0 atom stereocenters. The van der Waals surface area contributed by atoms with E-state index >= 15 is 0 Å². The lowest BCUT2D eigenvalue weighted by atomic mass is 10.2. The van der Waals surface area contributed by atoms with Crippen LogP contribution in [0.15, 0.2) is 71.2 Å². The predicted octanol–water partition coefficient (Wildman–Crippen LogP) is 4.77. The third kappa shape index (κ3) is 4.51. The van der Waals surface area contributed by atoms with E-state index in [0.717, 1.165) is 32.6 Å². The Bertz CT molecular complexity index is 1280. The van der Waals surface area contributed by atoms with Crippen LogP contribution in [-0.4, -0.2) is 27.9 Å². The molecule has 7 heteroatoms. The van der Waals surface area contributed by atoms with Crippen molar-refractivity contribution in [1.82, 2.24) is 14.9 Å². The number of amides is 2. The summed E-state index contributed by atoms with van der Waals surface area (Å²) in [4.78, 5) is 29.4. The fraction of sp³-hybridized carbons (Fsp3) is 0.125. The van der Waals surface area contributed by atoms with Gasteiger partial charge in [0.05, 0.1) is 17.6 Å². The van der Waals surface area contributed by atoms with E-state index in [1.165, 1.54) is 0 Å². The Morgan fingerprint density at radius 3 is 2.52 bits per heavy atom. The summed E-state index contributed by atoms with van der Waals surface area (Å²) >= 11 is 3.40. The van der Waals surface area contributed by atoms with Crippen molar-refractivity contribution in [2.45, 2.75) is 13.8 Å². The van der Waals surface area contributed by atoms with Gasteiger partial charge in [-0.1, -0.05) is 34.1 Å². The van der Waals surface area contributed by atoms with Crippen LogP contribution < -0.4 is 10.6 Å². The van der Waals surface area contributed by atoms with Gasteiger partial charge in [0.2, 0.25) is 5.91 Å². The number of para-hydroxylation sites is 1. The first-order valence-corrected chi connectivity index (χ1v) is 10.6. The number of nitrogens with one attached hydrogen (secondary N) is 2. The normalized spacial score (nSPS) is 10.8. The fourth-order valence-corrected chi connectivity index (χ4v) is 3.94. The number of hydrogen-bond acceptors (Lipinski definition) is 3. The summed E-state index contributed by atoms with van der Waals surface area (Å²) in [5, 5.41) is 5.49. The molecule has 2 N–H and O–H groups in total. The first kappa shape index (κ1) is 20.8. The van der Waals surface area contributed by atoms with Gasteiger partial charge in [-0.2, -0.15) is 0 Å². The second-order valence-electron chi connectivity index (χ2n) is 7.22. The van der Waals surface area contributed by atoms with Gasteiger partial charge < -0.3 is 10.6 Å². The second-order valence-corrected chi connectivity index (χ2v) is 8.14. The summed E-state index contributed by atoms with van der Waals surface area (Å²) in [5.74, 6) is 0.226. The van der Waals surface area contributed by atoms with E-state index in [1.807, 2.05) is 73.0 Å². The molecule has 1 aromatic heterocycles. The zero-order valence-corrected chi connectivity index (χ0v) is 18.7. The van der Waals surface area contributed by atoms with Gasteiger partial charge in [-0.05, 0) is 67.9 Å². The van der Waals surface area contributed by atoms with E-state index < -0.39 is 0 Å². The van der Waals surface area contributed by atoms with Crippen molar-refractivity contribution >= 4 is 44.5 Å². The van der Waals surface area contributed by atoms with Crippen LogP contribution in [0.5, 0.6) is 0 Å². The molecule has 0 aliphatic rings. The molecule has 0 fully saturated rings. The number of hydrogen-bond donors (Lipinski definition) is 2. The number of rotatable bonds is 5. The van der Waals surface area contributed by atoms with E-state index in [4.69, 9.17) is 0 Å². The number of carbonyl (C=O) groups is 2. The van der Waals surface area contributed by atoms with Crippen molar-refractivity contribution in [3.8, 4) is 5.69 Å². The van der Waals surface area contributed by atoms with Crippen molar-refractivity contribution in [1.29, 1.82) is 0 Å². The topological polar surface area (TPSA) is 76.0 Å². The molecule has 4 aromatic rings. The molecule has 0 radical (unpaired) electrons. The minimum absolute atomic E-state index is 0.121. The van der Waals surface area contributed by atoms with Crippen LogP contribution in [0.4, 0.5) is 5.69 Å². The predicted molar refractivity (Wildman–Crippen MR) is 126 cm³/mol. The van der Waals surface area contributed by atoms with E-state index in [0.29, 0.717) is 11.3 Å². The summed E-state index contributed by atoms with van der Waals surface area (Å²) in [7, 11) is 0. The summed E-state index contributed by atoms with van der Waals surface area (Å²) < 4.78 is 2.99. The Morgan fingerprint density at radius 2 is 1.77 bits per heavy atom. The average molecular weight is 477 g/mol. The standard InChI is InChI=1S/C24H21BrN4O2/c1-15-12-18(25)9-10-20(15)28-23(30)14-26-24(31)17-8-11-22-21(13-17)27-16(2)29(22)19-6-4-3-5-7-19/h3-13H,14H2,1-2H3,(H,26,31)(H,28,30). The second kappa shape index (κ2) is 8.73. The first-order chi connectivity index (χ1) is 14.9. The maximum Gasteiger partial charge on any atom is 0.251 e. The maximum atomic E-state index is 12.6. The first-order valence-electron chi connectivity index (χ1n) is 9.81. The molecule has 0 aliphatic heterocycles. The van der Waals surface area contributed by atoms with Gasteiger partial charge in [-0.15, -0.1) is 0 Å². The summed E-state index contributed by atoms with van der Waals surface area (Å²) in [5.41, 5.74) is 4.76. The fourth-order valence-electron chi connectivity index (χ4n) is 3.47. The van der Waals surface area contributed by atoms with Crippen LogP contribution in [-0.2, 0) is 4.79 Å². The molecule has 0 unspecified atom stereocenters. The van der Waals surface area contributed by atoms with Crippen molar-refractivity contribution in [3.63, 3.8) is 0 Å². The van der Waals surface area contributed by atoms with Crippen LogP contribution in [0.1, 0.15) is 21.7 Å². The zero-order valence-electron chi connectivity index (χ0n) is 17.1. The van der Waals surface area contributed by atoms with Gasteiger partial charge in [-0.25, -0.2) is 4.98 Å². The Hall–Kier alpha value is -3.45. The number of fused-ring (bicyclic) bond motifs is 1. The molecule has 0 spiro atoms. The van der Waals surface area contributed by atoms with Crippen LogP contribution in [0.25, 0.3) is 16.7 Å². The molecule has 0 bridgehead atoms. The van der Waals surface area contributed by atoms with Crippen LogP contribution in [0.3, 0.4) is 0 Å². The molecule has 3 aromatic carbocycles. The van der Waals surface area contributed by atoms with Crippen LogP contribution >= 0.6 is 15.9 Å². The van der Waals surface area contributed by atoms with Gasteiger partial charge in [0.25, 0.3) is 5.91 Å². The number of aryl methyl sites for hydroxylation is 2. The van der Waals surface area contributed by atoms with E-state index in [2.05, 4.69) is 31.5 Å². The van der Waals surface area contributed by atoms with Crippen molar-refractivity contribution in [2.75, 3.05) is 11.9 Å². The monoisotopic (exact) mass is 476 g/mol. The lowest BCUT2D eigenvalue weighted by Gasteiger charge is -2.10. The lowest BCUT2D eigenvalue weighted by Crippen LogP contribution is -2.33. The highest BCUT2D eigenvalue weighted by atomic mass is 79.9. The van der Waals surface area contributed by atoms with Gasteiger partial charge in [0.15, 0.2) is 0 Å². The minimum atomic E-state index is -0.323. The SMILES string of the molecule is Cc1cc(Br)ccc1NC(=O)CNC(=O)c1ccc2c(c1)nc(C)n2-c1ccccc1. The molecule has 0 saturated carbocycles. The molecule has 1 heterocycles. The summed E-state index contributed by atoms with van der Waals surface area (Å²) in [6.45, 7) is 3.72. The molecule has 0 aliphatic carbocycles. The Labute approximate surface area is 188 Å². The Balaban J connectivity index is 1.46. The number of anilines is 1. The molecule has 2 amide bonds. The number of nitrogens with zero attached hydrogens (tertiary/aromatic N) is 2. The Kier molecular flexibility index (Phi) is 5.86. The summed E-state index contributed by atoms with van der Waals surface area (Å²) in [6, 6.07) is 20.9. The number of benzene rings is 3. The average Bonchev–Trinajstić information content (AvgIpc) is 3.09. The quantitative estimate of drug-likeness (QED) is 0.435. The smallest absolute Gasteiger partial charge is 0.251 e. The van der Waals surface area contributed by atoms with Crippen molar-refractivity contribution in [3.05, 3.63) is 88.2 Å². The van der Waals surface area contributed by atoms with E-state index in [-0.39, 0.29) is 18.4 Å². The van der Waals surface area contributed by atoms with E-state index in [9.17, 15) is 9.59 Å². The third-order valence-electron chi connectivity index (χ3n) is 4.97. The summed E-state index contributed by atoms with van der Waals surface area (Å²) in [6.07, 6.45) is 0. The number of imidazole rings is 1. The minimum Gasteiger partial charge on any atom is -0.343 e. The van der Waals surface area contributed by atoms with Crippen LogP contribution in [0, 0.1) is 13.8 Å². The number of aromatic nitrogens is 2. The van der Waals surface area contributed by atoms with Gasteiger partial charge in [0, 0.05) is 21.4 Å². The Morgan fingerprint density at radius 1 is 1.00 bits per heavy atom. The highest BCUT2D eigenvalue weighted by Gasteiger charge is 2.14. The molecule has 4 rings (SSSR count). The highest BCUT2D eigenvalue weighted by molar-refractivity contribution is 9.10. The molecule has 6 nitrogen and oxygen atoms in total. The van der Waals surface area contributed by atoms with Gasteiger partial charge in [0.1, 0.15) is 5.82 Å². The lowest BCUT2D eigenvalue weighted by molar-refractivity contribution is -0.115. The van der Waals surface area contributed by atoms with Gasteiger partial charge >= 0.3 is 0 Å². The zero-order chi connectivity index (χ0) is 22.0. The highest BCUT2D eigenvalue weighted by Crippen LogP contribution is 2.22. The molecule has 156 valence electrons. The van der Waals surface area contributed by atoms with Crippen molar-refractivity contribution < 1.29 is 9.59 Å². The van der Waals surface area contributed by atoms with Gasteiger partial charge in [-0.3, -0.25) is 14.2 Å². The largest absolute Gasteiger partial charge is 0.343 e. The third-order valence-corrected chi connectivity index (χ3v) is 5.46. The number of carbonyl (C=O) groups excluding carboxylic acids is 2. The molecule has 0 saturated heterocycles.